The lowest BCUT2D eigenvalue weighted by Crippen LogP contribution is -2.42. The van der Waals surface area contributed by atoms with E-state index in [9.17, 15) is 14.7 Å². The van der Waals surface area contributed by atoms with Gasteiger partial charge in [-0.05, 0) is 23.8 Å². The molecule has 0 aliphatic rings. The Hall–Kier alpha value is -2.43. The van der Waals surface area contributed by atoms with E-state index in [0.29, 0.717) is 11.8 Å². The third-order valence-electron chi connectivity index (χ3n) is 3.20. The summed E-state index contributed by atoms with van der Waals surface area (Å²) in [5.74, 6) is -1.32. The molecule has 2 N–H and O–H groups in total. The van der Waals surface area contributed by atoms with E-state index in [1.54, 1.807) is 12.3 Å². The number of pyridine rings is 1. The molecule has 0 aliphatic carbocycles. The van der Waals surface area contributed by atoms with Crippen LogP contribution in [0.1, 0.15) is 30.8 Å². The fourth-order valence-corrected chi connectivity index (χ4v) is 2.22. The minimum absolute atomic E-state index is 0.173. The molecule has 0 fully saturated rings. The van der Waals surface area contributed by atoms with Crippen molar-refractivity contribution in [2.45, 2.75) is 26.3 Å². The van der Waals surface area contributed by atoms with Crippen molar-refractivity contribution in [1.29, 1.82) is 0 Å². The molecule has 2 rings (SSSR count). The van der Waals surface area contributed by atoms with Crippen molar-refractivity contribution in [3.8, 4) is 0 Å². The monoisotopic (exact) mass is 286 g/mol. The maximum absolute atomic E-state index is 12.3. The first-order chi connectivity index (χ1) is 9.99. The quantitative estimate of drug-likeness (QED) is 0.885. The van der Waals surface area contributed by atoms with Crippen LogP contribution in [0.4, 0.5) is 0 Å². The maximum Gasteiger partial charge on any atom is 0.326 e. The first-order valence-corrected chi connectivity index (χ1v) is 6.86. The zero-order chi connectivity index (χ0) is 15.4. The minimum Gasteiger partial charge on any atom is -0.480 e. The fourth-order valence-electron chi connectivity index (χ4n) is 2.22. The molecule has 2 aromatic rings. The van der Waals surface area contributed by atoms with Crippen molar-refractivity contribution in [3.05, 3.63) is 42.2 Å². The second kappa shape index (κ2) is 6.35. The van der Waals surface area contributed by atoms with Crippen molar-refractivity contribution < 1.29 is 14.7 Å². The number of carboxylic acid groups (broad SMARTS) is 1. The molecule has 0 spiro atoms. The Morgan fingerprint density at radius 2 is 1.95 bits per heavy atom. The smallest absolute Gasteiger partial charge is 0.326 e. The second-order valence-electron chi connectivity index (χ2n) is 5.37. The highest BCUT2D eigenvalue weighted by atomic mass is 16.4. The van der Waals surface area contributed by atoms with Crippen LogP contribution < -0.4 is 5.32 Å². The Morgan fingerprint density at radius 1 is 1.24 bits per heavy atom. The summed E-state index contributed by atoms with van der Waals surface area (Å²) in [4.78, 5) is 27.6. The molecular weight excluding hydrogens is 268 g/mol. The Kier molecular flexibility index (Phi) is 4.52. The molecule has 0 saturated heterocycles. The molecule has 0 radical (unpaired) electrons. The number of carboxylic acids is 1. The number of aliphatic carboxylic acids is 1. The lowest BCUT2D eigenvalue weighted by atomic mass is 10.0. The summed E-state index contributed by atoms with van der Waals surface area (Å²) < 4.78 is 0. The van der Waals surface area contributed by atoms with E-state index in [1.165, 1.54) is 0 Å². The van der Waals surface area contributed by atoms with Gasteiger partial charge in [-0.3, -0.25) is 9.78 Å². The Balaban J connectivity index is 2.27. The predicted molar refractivity (Wildman–Crippen MR) is 80.1 cm³/mol. The molecule has 110 valence electrons. The van der Waals surface area contributed by atoms with Gasteiger partial charge in [-0.25, -0.2) is 4.79 Å². The lowest BCUT2D eigenvalue weighted by molar-refractivity contribution is -0.139. The zero-order valence-corrected chi connectivity index (χ0v) is 12.0. The highest BCUT2D eigenvalue weighted by Gasteiger charge is 2.23. The standard InChI is InChI=1S/C16H18N2O3/c1-10(2)9-13(16(20)21)18-15(19)14-12-6-4-3-5-11(12)7-8-17-14/h3-8,10,13H,9H2,1-2H3,(H,18,19)(H,20,21). The largest absolute Gasteiger partial charge is 0.480 e. The number of nitrogens with zero attached hydrogens (tertiary/aromatic N) is 1. The molecule has 0 bridgehead atoms. The average molecular weight is 286 g/mol. The third-order valence-corrected chi connectivity index (χ3v) is 3.20. The van der Waals surface area contributed by atoms with Crippen LogP contribution >= 0.6 is 0 Å². The van der Waals surface area contributed by atoms with Gasteiger partial charge in [0.25, 0.3) is 5.91 Å². The topological polar surface area (TPSA) is 79.3 Å². The molecule has 0 saturated carbocycles. The van der Waals surface area contributed by atoms with Gasteiger partial charge in [-0.1, -0.05) is 38.1 Å². The van der Waals surface area contributed by atoms with Crippen molar-refractivity contribution in [1.82, 2.24) is 10.3 Å². The average Bonchev–Trinajstić information content (AvgIpc) is 2.45. The second-order valence-corrected chi connectivity index (χ2v) is 5.37. The fraction of sp³-hybridized carbons (Fsp3) is 0.312. The van der Waals surface area contributed by atoms with Gasteiger partial charge in [-0.2, -0.15) is 0 Å². The van der Waals surface area contributed by atoms with Crippen LogP contribution in [0.2, 0.25) is 0 Å². The van der Waals surface area contributed by atoms with Crippen LogP contribution in [0.5, 0.6) is 0 Å². The van der Waals surface area contributed by atoms with Gasteiger partial charge in [0.05, 0.1) is 0 Å². The van der Waals surface area contributed by atoms with Gasteiger partial charge in [0, 0.05) is 11.6 Å². The molecule has 0 aliphatic heterocycles. The number of nitrogens with one attached hydrogen (secondary N) is 1. The summed E-state index contributed by atoms with van der Waals surface area (Å²) in [5.41, 5.74) is 0.253. The van der Waals surface area contributed by atoms with Crippen molar-refractivity contribution >= 4 is 22.6 Å². The van der Waals surface area contributed by atoms with Gasteiger partial charge in [0.2, 0.25) is 0 Å². The minimum atomic E-state index is -1.03. The number of carbonyl (C=O) groups excluding carboxylic acids is 1. The normalized spacial score (nSPS) is 12.3. The van der Waals surface area contributed by atoms with E-state index in [2.05, 4.69) is 10.3 Å². The van der Waals surface area contributed by atoms with Crippen LogP contribution in [0.3, 0.4) is 0 Å². The van der Waals surface area contributed by atoms with Crippen molar-refractivity contribution in [2.24, 2.45) is 5.92 Å². The number of aromatic nitrogens is 1. The first-order valence-electron chi connectivity index (χ1n) is 6.86. The molecular formula is C16H18N2O3. The van der Waals surface area contributed by atoms with E-state index >= 15 is 0 Å². The molecule has 21 heavy (non-hydrogen) atoms. The summed E-state index contributed by atoms with van der Waals surface area (Å²) in [6.45, 7) is 3.83. The number of amides is 1. The van der Waals surface area contributed by atoms with Gasteiger partial charge in [0.15, 0.2) is 0 Å². The van der Waals surface area contributed by atoms with Crippen LogP contribution in [0, 0.1) is 5.92 Å². The number of hydrogen-bond donors (Lipinski definition) is 2. The Morgan fingerprint density at radius 3 is 2.62 bits per heavy atom. The van der Waals surface area contributed by atoms with Gasteiger partial charge in [0.1, 0.15) is 11.7 Å². The van der Waals surface area contributed by atoms with Crippen LogP contribution in [0.25, 0.3) is 10.8 Å². The third kappa shape index (κ3) is 3.56. The maximum atomic E-state index is 12.3. The van der Waals surface area contributed by atoms with Gasteiger partial charge >= 0.3 is 5.97 Å². The van der Waals surface area contributed by atoms with E-state index < -0.39 is 17.9 Å². The van der Waals surface area contributed by atoms with Crippen LogP contribution in [-0.2, 0) is 4.79 Å². The number of fused-ring (bicyclic) bond motifs is 1. The molecule has 5 heteroatoms. The molecule has 1 aromatic heterocycles. The molecule has 5 nitrogen and oxygen atoms in total. The molecule has 1 atom stereocenters. The summed E-state index contributed by atoms with van der Waals surface area (Å²) in [7, 11) is 0. The lowest BCUT2D eigenvalue weighted by Gasteiger charge is -2.16. The molecule has 1 amide bonds. The number of hydrogen-bond acceptors (Lipinski definition) is 3. The Labute approximate surface area is 123 Å². The van der Waals surface area contributed by atoms with E-state index in [1.807, 2.05) is 38.1 Å². The van der Waals surface area contributed by atoms with Crippen molar-refractivity contribution in [3.63, 3.8) is 0 Å². The zero-order valence-electron chi connectivity index (χ0n) is 12.0. The van der Waals surface area contributed by atoms with Crippen LogP contribution in [-0.4, -0.2) is 28.0 Å². The summed E-state index contributed by atoms with van der Waals surface area (Å²) in [5, 5.41) is 13.4. The SMILES string of the molecule is CC(C)CC(NC(=O)c1nccc2ccccc12)C(=O)O. The highest BCUT2D eigenvalue weighted by Crippen LogP contribution is 2.16. The highest BCUT2D eigenvalue weighted by molar-refractivity contribution is 6.06. The van der Waals surface area contributed by atoms with Gasteiger partial charge < -0.3 is 10.4 Å². The van der Waals surface area contributed by atoms with E-state index in [-0.39, 0.29) is 11.6 Å². The van der Waals surface area contributed by atoms with E-state index in [0.717, 1.165) is 5.39 Å². The molecule has 1 aromatic carbocycles. The summed E-state index contributed by atoms with van der Waals surface area (Å²) >= 11 is 0. The number of benzene rings is 1. The summed E-state index contributed by atoms with van der Waals surface area (Å²) in [6.07, 6.45) is 1.93. The van der Waals surface area contributed by atoms with E-state index in [4.69, 9.17) is 0 Å². The number of rotatable bonds is 5. The molecule has 1 heterocycles. The Bertz CT molecular complexity index is 662. The van der Waals surface area contributed by atoms with Crippen LogP contribution in [0.15, 0.2) is 36.5 Å². The number of carbonyl (C=O) groups is 2. The summed E-state index contributed by atoms with van der Waals surface area (Å²) in [6, 6.07) is 8.30. The molecule has 1 unspecified atom stereocenters. The predicted octanol–water partition coefficient (Wildman–Crippen LogP) is 2.46. The van der Waals surface area contributed by atoms with Gasteiger partial charge in [-0.15, -0.1) is 0 Å². The first kappa shape index (κ1) is 15.0. The van der Waals surface area contributed by atoms with Crippen molar-refractivity contribution in [2.75, 3.05) is 0 Å².